The van der Waals surface area contributed by atoms with Crippen LogP contribution >= 0.6 is 0 Å². The van der Waals surface area contributed by atoms with Crippen molar-refractivity contribution >= 4 is 53.9 Å². The van der Waals surface area contributed by atoms with E-state index in [0.29, 0.717) is 0 Å². The fourth-order valence-corrected chi connectivity index (χ4v) is 7.21. The Morgan fingerprint density at radius 2 is 0.739 bits per heavy atom. The maximum atomic E-state index is 2.39. The molecule has 0 fully saturated rings. The summed E-state index contributed by atoms with van der Waals surface area (Å²) in [6.07, 6.45) is 0. The Balaban J connectivity index is 0.00000153. The van der Waals surface area contributed by atoms with Crippen molar-refractivity contribution in [3.63, 3.8) is 0 Å². The van der Waals surface area contributed by atoms with Crippen LogP contribution in [-0.2, 0) is 0 Å². The Bertz CT molecular complexity index is 2490. The third-order valence-electron chi connectivity index (χ3n) is 9.20. The summed E-state index contributed by atoms with van der Waals surface area (Å²) in [7, 11) is 0. The van der Waals surface area contributed by atoms with Crippen molar-refractivity contribution in [3.8, 4) is 33.4 Å². The van der Waals surface area contributed by atoms with Gasteiger partial charge in [0, 0.05) is 0 Å². The Hall–Kier alpha value is -5.72. The summed E-state index contributed by atoms with van der Waals surface area (Å²) in [6, 6.07) is 62.3. The summed E-state index contributed by atoms with van der Waals surface area (Å²) >= 11 is 0. The minimum Gasteiger partial charge on any atom is -0.0683 e. The average Bonchev–Trinajstić information content (AvgIpc) is 3.14. The number of benzene rings is 9. The fourth-order valence-electron chi connectivity index (χ4n) is 7.21. The highest BCUT2D eigenvalue weighted by atomic mass is 14.2. The molecule has 0 aliphatic heterocycles. The van der Waals surface area contributed by atoms with Gasteiger partial charge < -0.3 is 0 Å². The topological polar surface area (TPSA) is 0 Å². The van der Waals surface area contributed by atoms with E-state index in [9.17, 15) is 0 Å². The lowest BCUT2D eigenvalue weighted by Crippen LogP contribution is -1.92. The van der Waals surface area contributed by atoms with Crippen LogP contribution in [0.1, 0.15) is 13.8 Å². The van der Waals surface area contributed by atoms with Gasteiger partial charge in [0.1, 0.15) is 0 Å². The highest BCUT2D eigenvalue weighted by Crippen LogP contribution is 2.46. The minimum atomic E-state index is 1.23. The van der Waals surface area contributed by atoms with E-state index >= 15 is 0 Å². The zero-order chi connectivity index (χ0) is 31.0. The summed E-state index contributed by atoms with van der Waals surface area (Å²) < 4.78 is 0. The molecule has 0 aliphatic carbocycles. The molecule has 9 aromatic rings. The zero-order valence-electron chi connectivity index (χ0n) is 26.2. The second-order valence-corrected chi connectivity index (χ2v) is 11.7. The first-order chi connectivity index (χ1) is 22.8. The molecule has 0 N–H and O–H groups in total. The standard InChI is InChI=1S/C44H28.C2H6/c1-2-13-30-26-32(25-24-29(30)12-1)31-15-11-16-34(27-31)43-38-20-7-9-22-40(38)44(41-23-10-8-21-39(41)43)42-28-33-14-3-4-17-35(33)36-18-5-6-19-37(36)42;1-2/h1-28H;1-2H3. The lowest BCUT2D eigenvalue weighted by Gasteiger charge is -2.20. The minimum absolute atomic E-state index is 1.23. The molecule has 0 saturated heterocycles. The van der Waals surface area contributed by atoms with E-state index in [1.807, 2.05) is 13.8 Å². The smallest absolute Gasteiger partial charge is 0.00199 e. The maximum Gasteiger partial charge on any atom is -0.00199 e. The van der Waals surface area contributed by atoms with Crippen molar-refractivity contribution in [2.75, 3.05) is 0 Å². The van der Waals surface area contributed by atoms with Crippen molar-refractivity contribution in [2.45, 2.75) is 13.8 Å². The lowest BCUT2D eigenvalue weighted by molar-refractivity contribution is 1.50. The van der Waals surface area contributed by atoms with Crippen LogP contribution in [0.5, 0.6) is 0 Å². The van der Waals surface area contributed by atoms with Gasteiger partial charge >= 0.3 is 0 Å². The van der Waals surface area contributed by atoms with Crippen LogP contribution in [-0.4, -0.2) is 0 Å². The quantitative estimate of drug-likeness (QED) is 0.143. The Kier molecular flexibility index (Phi) is 7.04. The summed E-state index contributed by atoms with van der Waals surface area (Å²) in [5.41, 5.74) is 7.56. The molecule has 0 heterocycles. The zero-order valence-corrected chi connectivity index (χ0v) is 26.2. The molecule has 0 bridgehead atoms. The molecule has 9 rings (SSSR count). The van der Waals surface area contributed by atoms with Gasteiger partial charge in [0.15, 0.2) is 0 Å². The van der Waals surface area contributed by atoms with Gasteiger partial charge in [-0.2, -0.15) is 0 Å². The molecular formula is C46H34. The Labute approximate surface area is 270 Å². The summed E-state index contributed by atoms with van der Waals surface area (Å²) in [5.74, 6) is 0. The van der Waals surface area contributed by atoms with Crippen molar-refractivity contribution < 1.29 is 0 Å². The molecule has 0 aliphatic rings. The van der Waals surface area contributed by atoms with E-state index in [1.165, 1.54) is 87.2 Å². The van der Waals surface area contributed by atoms with Crippen LogP contribution in [0.3, 0.4) is 0 Å². The SMILES string of the molecule is CC.c1cc(-c2ccc3ccccc3c2)cc(-c2c3ccccc3c(-c3cc4ccccc4c4ccccc34)c3ccccc23)c1. The normalized spacial score (nSPS) is 11.3. The van der Waals surface area contributed by atoms with Crippen molar-refractivity contribution in [1.29, 1.82) is 0 Å². The van der Waals surface area contributed by atoms with Gasteiger partial charge in [-0.15, -0.1) is 0 Å². The maximum absolute atomic E-state index is 2.39. The van der Waals surface area contributed by atoms with Crippen molar-refractivity contribution in [2.24, 2.45) is 0 Å². The number of fused-ring (bicyclic) bond motifs is 6. The molecule has 9 aromatic carbocycles. The van der Waals surface area contributed by atoms with Crippen LogP contribution in [0.2, 0.25) is 0 Å². The van der Waals surface area contributed by atoms with E-state index in [-0.39, 0.29) is 0 Å². The third-order valence-corrected chi connectivity index (χ3v) is 9.20. The predicted molar refractivity (Wildman–Crippen MR) is 202 cm³/mol. The molecule has 0 amide bonds. The van der Waals surface area contributed by atoms with Gasteiger partial charge in [-0.1, -0.05) is 166 Å². The van der Waals surface area contributed by atoms with E-state index in [2.05, 4.69) is 170 Å². The molecule has 0 saturated carbocycles. The summed E-state index contributed by atoms with van der Waals surface area (Å²) in [5, 5.41) is 12.8. The second kappa shape index (κ2) is 11.7. The van der Waals surface area contributed by atoms with Gasteiger partial charge in [-0.25, -0.2) is 0 Å². The first-order valence-electron chi connectivity index (χ1n) is 16.3. The van der Waals surface area contributed by atoms with Crippen LogP contribution in [0.25, 0.3) is 87.2 Å². The van der Waals surface area contributed by atoms with Gasteiger partial charge in [0.2, 0.25) is 0 Å². The molecular weight excluding hydrogens is 553 g/mol. The van der Waals surface area contributed by atoms with Crippen LogP contribution < -0.4 is 0 Å². The Morgan fingerprint density at radius 1 is 0.261 bits per heavy atom. The monoisotopic (exact) mass is 586 g/mol. The first-order valence-corrected chi connectivity index (χ1v) is 16.3. The van der Waals surface area contributed by atoms with Crippen LogP contribution in [0, 0.1) is 0 Å². The molecule has 0 atom stereocenters. The van der Waals surface area contributed by atoms with Gasteiger partial charge in [0.25, 0.3) is 0 Å². The van der Waals surface area contributed by atoms with E-state index in [4.69, 9.17) is 0 Å². The molecule has 0 aromatic heterocycles. The Morgan fingerprint density at radius 3 is 1.41 bits per heavy atom. The summed E-state index contributed by atoms with van der Waals surface area (Å²) in [4.78, 5) is 0. The van der Waals surface area contributed by atoms with Gasteiger partial charge in [0.05, 0.1) is 0 Å². The second-order valence-electron chi connectivity index (χ2n) is 11.7. The van der Waals surface area contributed by atoms with E-state index in [0.717, 1.165) is 0 Å². The highest BCUT2D eigenvalue weighted by Gasteiger charge is 2.19. The molecule has 0 spiro atoms. The molecule has 0 unspecified atom stereocenters. The average molecular weight is 587 g/mol. The molecule has 0 nitrogen and oxygen atoms in total. The predicted octanol–water partition coefficient (Wildman–Crippen LogP) is 13.5. The third kappa shape index (κ3) is 4.54. The first kappa shape index (κ1) is 27.8. The number of rotatable bonds is 3. The van der Waals surface area contributed by atoms with Crippen molar-refractivity contribution in [3.05, 3.63) is 170 Å². The van der Waals surface area contributed by atoms with E-state index in [1.54, 1.807) is 0 Å². The number of hydrogen-bond acceptors (Lipinski definition) is 0. The van der Waals surface area contributed by atoms with Gasteiger partial charge in [-0.05, 0) is 105 Å². The fraction of sp³-hybridized carbons (Fsp3) is 0.0435. The summed E-state index contributed by atoms with van der Waals surface area (Å²) in [6.45, 7) is 4.00. The van der Waals surface area contributed by atoms with Crippen molar-refractivity contribution in [1.82, 2.24) is 0 Å². The molecule has 218 valence electrons. The highest BCUT2D eigenvalue weighted by molar-refractivity contribution is 6.25. The molecule has 0 radical (unpaired) electrons. The molecule has 46 heavy (non-hydrogen) atoms. The number of hydrogen-bond donors (Lipinski definition) is 0. The molecule has 0 heteroatoms. The van der Waals surface area contributed by atoms with Crippen LogP contribution in [0.4, 0.5) is 0 Å². The van der Waals surface area contributed by atoms with E-state index < -0.39 is 0 Å². The largest absolute Gasteiger partial charge is 0.0683 e. The lowest BCUT2D eigenvalue weighted by atomic mass is 9.83. The van der Waals surface area contributed by atoms with Gasteiger partial charge in [-0.3, -0.25) is 0 Å². The van der Waals surface area contributed by atoms with Crippen LogP contribution in [0.15, 0.2) is 170 Å².